The predicted octanol–water partition coefficient (Wildman–Crippen LogP) is 4.89. The van der Waals surface area contributed by atoms with Gasteiger partial charge in [-0.15, -0.1) is 0 Å². The van der Waals surface area contributed by atoms with Gasteiger partial charge in [0.05, 0.1) is 0 Å². The van der Waals surface area contributed by atoms with Gasteiger partial charge in [0.25, 0.3) is 0 Å². The Morgan fingerprint density at radius 3 is 2.50 bits per heavy atom. The summed E-state index contributed by atoms with van der Waals surface area (Å²) in [6, 6.07) is 0. The van der Waals surface area contributed by atoms with Crippen LogP contribution in [0.3, 0.4) is 0 Å². The van der Waals surface area contributed by atoms with E-state index >= 15 is 0 Å². The summed E-state index contributed by atoms with van der Waals surface area (Å²) < 4.78 is 0. The second kappa shape index (κ2) is 7.98. The molecule has 1 amide bonds. The van der Waals surface area contributed by atoms with Crippen LogP contribution in [-0.2, 0) is 9.59 Å². The molecule has 30 heavy (non-hydrogen) atoms. The lowest BCUT2D eigenvalue weighted by molar-refractivity contribution is -0.143. The Morgan fingerprint density at radius 2 is 1.83 bits per heavy atom. The van der Waals surface area contributed by atoms with E-state index in [0.29, 0.717) is 35.9 Å². The van der Waals surface area contributed by atoms with Gasteiger partial charge in [0.15, 0.2) is 5.78 Å². The van der Waals surface area contributed by atoms with Crippen molar-refractivity contribution in [3.63, 3.8) is 0 Å². The van der Waals surface area contributed by atoms with Crippen LogP contribution >= 0.6 is 0 Å². The van der Waals surface area contributed by atoms with Crippen LogP contribution in [0.15, 0.2) is 11.8 Å². The number of hydrogen-bond donors (Lipinski definition) is 0. The van der Waals surface area contributed by atoms with Crippen LogP contribution in [0.4, 0.5) is 0 Å². The molecule has 4 nitrogen and oxygen atoms in total. The number of likely N-dealkylation sites (tertiary alicyclic amines) is 1. The summed E-state index contributed by atoms with van der Waals surface area (Å²) in [5, 5.41) is 0. The zero-order chi connectivity index (χ0) is 21.7. The predicted molar refractivity (Wildman–Crippen MR) is 121 cm³/mol. The van der Waals surface area contributed by atoms with E-state index in [1.165, 1.54) is 25.0 Å². The minimum Gasteiger partial charge on any atom is -0.374 e. The highest BCUT2D eigenvalue weighted by Crippen LogP contribution is 2.65. The Hall–Kier alpha value is -1.32. The third-order valence-electron chi connectivity index (χ3n) is 9.67. The first-order valence-electron chi connectivity index (χ1n) is 12.6. The summed E-state index contributed by atoms with van der Waals surface area (Å²) in [7, 11) is 0. The van der Waals surface area contributed by atoms with Gasteiger partial charge in [0.2, 0.25) is 5.91 Å². The number of piperidine rings is 1. The minimum atomic E-state index is 0.133. The maximum absolute atomic E-state index is 13.4. The van der Waals surface area contributed by atoms with Gasteiger partial charge in [-0.05, 0) is 75.5 Å². The molecule has 1 heterocycles. The van der Waals surface area contributed by atoms with Crippen molar-refractivity contribution in [2.45, 2.75) is 79.6 Å². The van der Waals surface area contributed by atoms with Crippen molar-refractivity contribution in [3.8, 4) is 0 Å². The minimum absolute atomic E-state index is 0.133. The number of nitrogens with zero attached hydrogens (tertiary/aromatic N) is 2. The summed E-state index contributed by atoms with van der Waals surface area (Å²) in [5.74, 6) is 2.86. The Balaban J connectivity index is 1.66. The standard InChI is InChI=1S/C26H42N2O2/c1-6-15-28-17-19-20-9-10-22(24(30)27(7-2)8-3)25(20,4)14-12-21(19)26(5)13-11-18(29)16-23(26)28/h16,19-22H,6-15,17H2,1-5H3/t19-,20-,21-,22+,25-,26+/m0/s1. The van der Waals surface area contributed by atoms with E-state index < -0.39 is 0 Å². The van der Waals surface area contributed by atoms with Crippen LogP contribution in [0.25, 0.3) is 0 Å². The van der Waals surface area contributed by atoms with Crippen molar-refractivity contribution in [1.29, 1.82) is 0 Å². The smallest absolute Gasteiger partial charge is 0.226 e. The van der Waals surface area contributed by atoms with Gasteiger partial charge in [-0.2, -0.15) is 0 Å². The fourth-order valence-electron chi connectivity index (χ4n) is 8.06. The summed E-state index contributed by atoms with van der Waals surface area (Å²) in [4.78, 5) is 30.3. The first-order valence-corrected chi connectivity index (χ1v) is 12.6. The lowest BCUT2D eigenvalue weighted by Gasteiger charge is -2.61. The molecule has 0 unspecified atom stereocenters. The summed E-state index contributed by atoms with van der Waals surface area (Å²) in [6.07, 6.45) is 9.45. The SMILES string of the molecule is CCCN1C[C@H]2[C@@H]3CC[C@H](C(=O)N(CC)CC)[C@@]3(C)CC[C@@H]2[C@@]2(C)CCC(=O)C=C12. The maximum Gasteiger partial charge on any atom is 0.226 e. The molecule has 0 aromatic heterocycles. The molecule has 4 rings (SSSR count). The van der Waals surface area contributed by atoms with E-state index in [1.807, 2.05) is 6.08 Å². The summed E-state index contributed by atoms with van der Waals surface area (Å²) in [5.41, 5.74) is 1.61. The van der Waals surface area contributed by atoms with E-state index in [9.17, 15) is 9.59 Å². The molecule has 0 aromatic rings. The first kappa shape index (κ1) is 21.9. The van der Waals surface area contributed by atoms with Crippen molar-refractivity contribution < 1.29 is 9.59 Å². The Morgan fingerprint density at radius 1 is 1.10 bits per heavy atom. The van der Waals surface area contributed by atoms with Crippen molar-refractivity contribution in [3.05, 3.63) is 11.8 Å². The number of allylic oxidation sites excluding steroid dienone is 2. The van der Waals surface area contributed by atoms with E-state index in [1.54, 1.807) is 0 Å². The Bertz CT molecular complexity index is 727. The molecular weight excluding hydrogens is 372 g/mol. The fourth-order valence-corrected chi connectivity index (χ4v) is 8.06. The molecule has 3 fully saturated rings. The maximum atomic E-state index is 13.4. The summed E-state index contributed by atoms with van der Waals surface area (Å²) in [6.45, 7) is 15.1. The molecule has 0 radical (unpaired) electrons. The molecule has 6 atom stereocenters. The molecule has 3 aliphatic carbocycles. The fraction of sp³-hybridized carbons (Fsp3) is 0.846. The third kappa shape index (κ3) is 3.15. The number of carbonyl (C=O) groups is 2. The molecule has 168 valence electrons. The molecule has 0 aromatic carbocycles. The van der Waals surface area contributed by atoms with E-state index in [2.05, 4.69) is 44.4 Å². The number of rotatable bonds is 5. The molecule has 0 N–H and O–H groups in total. The van der Waals surface area contributed by atoms with Crippen LogP contribution in [0.2, 0.25) is 0 Å². The van der Waals surface area contributed by atoms with Gasteiger partial charge < -0.3 is 9.80 Å². The highest BCUT2D eigenvalue weighted by Gasteiger charge is 2.61. The topological polar surface area (TPSA) is 40.6 Å². The van der Waals surface area contributed by atoms with Crippen LogP contribution in [0.1, 0.15) is 79.6 Å². The van der Waals surface area contributed by atoms with Crippen LogP contribution in [0, 0.1) is 34.5 Å². The highest BCUT2D eigenvalue weighted by molar-refractivity contribution is 5.91. The molecule has 4 heteroatoms. The van der Waals surface area contributed by atoms with Crippen LogP contribution < -0.4 is 0 Å². The van der Waals surface area contributed by atoms with Crippen molar-refractivity contribution in [1.82, 2.24) is 9.80 Å². The van der Waals surface area contributed by atoms with Gasteiger partial charge in [0, 0.05) is 55.7 Å². The van der Waals surface area contributed by atoms with E-state index in [4.69, 9.17) is 0 Å². The quantitative estimate of drug-likeness (QED) is 0.643. The molecular formula is C26H42N2O2. The molecule has 0 spiro atoms. The second-order valence-corrected chi connectivity index (χ2v) is 10.9. The number of fused-ring (bicyclic) bond motifs is 5. The van der Waals surface area contributed by atoms with Gasteiger partial charge in [-0.1, -0.05) is 20.8 Å². The highest BCUT2D eigenvalue weighted by atomic mass is 16.2. The largest absolute Gasteiger partial charge is 0.374 e. The monoisotopic (exact) mass is 414 g/mol. The van der Waals surface area contributed by atoms with Crippen molar-refractivity contribution in [2.75, 3.05) is 26.2 Å². The number of hydrogen-bond acceptors (Lipinski definition) is 3. The second-order valence-electron chi connectivity index (χ2n) is 10.9. The zero-order valence-corrected chi connectivity index (χ0v) is 19.9. The van der Waals surface area contributed by atoms with Crippen molar-refractivity contribution >= 4 is 11.7 Å². The molecule has 2 saturated carbocycles. The van der Waals surface area contributed by atoms with Crippen LogP contribution in [-0.4, -0.2) is 47.7 Å². The third-order valence-corrected chi connectivity index (χ3v) is 9.67. The summed E-state index contributed by atoms with van der Waals surface area (Å²) >= 11 is 0. The first-order chi connectivity index (χ1) is 14.3. The lowest BCUT2D eigenvalue weighted by atomic mass is 9.49. The van der Waals surface area contributed by atoms with Crippen molar-refractivity contribution in [2.24, 2.45) is 34.5 Å². The van der Waals surface area contributed by atoms with Gasteiger partial charge in [-0.3, -0.25) is 9.59 Å². The van der Waals surface area contributed by atoms with Gasteiger partial charge >= 0.3 is 0 Å². The lowest BCUT2D eigenvalue weighted by Crippen LogP contribution is -2.58. The zero-order valence-electron chi connectivity index (χ0n) is 19.9. The average molecular weight is 415 g/mol. The molecule has 1 saturated heterocycles. The average Bonchev–Trinajstić information content (AvgIpc) is 3.07. The van der Waals surface area contributed by atoms with Gasteiger partial charge in [-0.25, -0.2) is 0 Å². The number of amides is 1. The molecule has 0 bridgehead atoms. The molecule has 4 aliphatic rings. The normalized spacial score (nSPS) is 40.4. The van der Waals surface area contributed by atoms with E-state index in [-0.39, 0.29) is 16.7 Å². The molecule has 1 aliphatic heterocycles. The van der Waals surface area contributed by atoms with E-state index in [0.717, 1.165) is 45.4 Å². The van der Waals surface area contributed by atoms with Crippen LogP contribution in [0.5, 0.6) is 0 Å². The Labute approximate surface area is 183 Å². The number of ketones is 1. The number of carbonyl (C=O) groups excluding carboxylic acids is 2. The Kier molecular flexibility index (Phi) is 5.83. The van der Waals surface area contributed by atoms with Gasteiger partial charge in [0.1, 0.15) is 0 Å².